The van der Waals surface area contributed by atoms with Crippen LogP contribution in [-0.4, -0.2) is 80.7 Å². The smallest absolute Gasteiger partial charge is 0.303 e. The summed E-state index contributed by atoms with van der Waals surface area (Å²) in [5.74, 6) is -1.88. The SMILES string of the molecule is CO[C@H]1[C@H](OC(C)=O)[C@@H](OC(C)=O)[C@H](O)O[C@@H]1[C@@H](COC(C)=O)OC. The van der Waals surface area contributed by atoms with Crippen molar-refractivity contribution < 1.29 is 47.9 Å². The molecular weight excluding hydrogens is 340 g/mol. The van der Waals surface area contributed by atoms with Gasteiger partial charge < -0.3 is 33.5 Å². The second-order valence-electron chi connectivity index (χ2n) is 5.42. The summed E-state index contributed by atoms with van der Waals surface area (Å²) in [6.07, 6.45) is -6.75. The molecule has 0 bridgehead atoms. The molecule has 0 unspecified atom stereocenters. The molecule has 0 aromatic rings. The largest absolute Gasteiger partial charge is 0.463 e. The van der Waals surface area contributed by atoms with Crippen LogP contribution in [0.5, 0.6) is 0 Å². The number of hydrogen-bond donors (Lipinski definition) is 1. The van der Waals surface area contributed by atoms with Gasteiger partial charge in [-0.05, 0) is 0 Å². The van der Waals surface area contributed by atoms with E-state index in [1.54, 1.807) is 0 Å². The van der Waals surface area contributed by atoms with Gasteiger partial charge >= 0.3 is 17.9 Å². The van der Waals surface area contributed by atoms with Crippen LogP contribution in [0.4, 0.5) is 0 Å². The van der Waals surface area contributed by atoms with Crippen molar-refractivity contribution in [2.24, 2.45) is 0 Å². The number of hydrogen-bond acceptors (Lipinski definition) is 10. The molecule has 0 amide bonds. The zero-order valence-corrected chi connectivity index (χ0v) is 14.8. The highest BCUT2D eigenvalue weighted by Crippen LogP contribution is 2.29. The number of carbonyl (C=O) groups is 3. The average Bonchev–Trinajstić information content (AvgIpc) is 2.50. The minimum absolute atomic E-state index is 0.173. The Bertz CT molecular complexity index is 479. The van der Waals surface area contributed by atoms with Gasteiger partial charge in [-0.15, -0.1) is 0 Å². The Hall–Kier alpha value is -1.75. The van der Waals surface area contributed by atoms with E-state index in [2.05, 4.69) is 0 Å². The van der Waals surface area contributed by atoms with Crippen molar-refractivity contribution in [3.8, 4) is 0 Å². The van der Waals surface area contributed by atoms with Crippen LogP contribution in [0.2, 0.25) is 0 Å². The van der Waals surface area contributed by atoms with Gasteiger partial charge in [0.25, 0.3) is 0 Å². The molecular formula is C15H24O10. The summed E-state index contributed by atoms with van der Waals surface area (Å²) in [5.41, 5.74) is 0. The molecule has 25 heavy (non-hydrogen) atoms. The maximum Gasteiger partial charge on any atom is 0.303 e. The number of aliphatic hydroxyl groups is 1. The Morgan fingerprint density at radius 2 is 1.52 bits per heavy atom. The fourth-order valence-electron chi connectivity index (χ4n) is 2.56. The number of carbonyl (C=O) groups excluding carboxylic acids is 3. The first-order valence-electron chi connectivity index (χ1n) is 7.58. The molecule has 0 saturated carbocycles. The highest BCUT2D eigenvalue weighted by molar-refractivity contribution is 5.67. The van der Waals surface area contributed by atoms with E-state index in [0.717, 1.165) is 6.92 Å². The molecule has 0 aromatic heterocycles. The normalized spacial score (nSPS) is 30.2. The fraction of sp³-hybridized carbons (Fsp3) is 0.800. The minimum Gasteiger partial charge on any atom is -0.463 e. The van der Waals surface area contributed by atoms with Crippen molar-refractivity contribution in [2.45, 2.75) is 57.6 Å². The van der Waals surface area contributed by atoms with Gasteiger partial charge in [-0.25, -0.2) is 0 Å². The third kappa shape index (κ3) is 5.92. The number of esters is 3. The van der Waals surface area contributed by atoms with Crippen LogP contribution in [-0.2, 0) is 42.8 Å². The highest BCUT2D eigenvalue weighted by Gasteiger charge is 2.52. The Balaban J connectivity index is 3.08. The summed E-state index contributed by atoms with van der Waals surface area (Å²) < 4.78 is 31.1. The lowest BCUT2D eigenvalue weighted by atomic mass is 9.94. The number of aliphatic hydroxyl groups excluding tert-OH is 1. The monoisotopic (exact) mass is 364 g/mol. The number of ether oxygens (including phenoxy) is 6. The van der Waals surface area contributed by atoms with E-state index in [1.807, 2.05) is 0 Å². The summed E-state index contributed by atoms with van der Waals surface area (Å²) in [6, 6.07) is 0. The van der Waals surface area contributed by atoms with Crippen molar-refractivity contribution in [3.63, 3.8) is 0 Å². The van der Waals surface area contributed by atoms with Crippen molar-refractivity contribution in [1.82, 2.24) is 0 Å². The van der Waals surface area contributed by atoms with Gasteiger partial charge in [0.2, 0.25) is 0 Å². The molecule has 1 aliphatic rings. The molecule has 1 rings (SSSR count). The Morgan fingerprint density at radius 3 is 1.96 bits per heavy atom. The van der Waals surface area contributed by atoms with Gasteiger partial charge in [-0.2, -0.15) is 0 Å². The predicted octanol–water partition coefficient (Wildman–Crippen LogP) is -0.840. The lowest BCUT2D eigenvalue weighted by Crippen LogP contribution is -2.64. The van der Waals surface area contributed by atoms with Gasteiger partial charge in [0.15, 0.2) is 18.5 Å². The first-order chi connectivity index (χ1) is 11.7. The third-order valence-corrected chi connectivity index (χ3v) is 3.55. The molecule has 1 saturated heterocycles. The predicted molar refractivity (Wildman–Crippen MR) is 80.2 cm³/mol. The molecule has 0 spiro atoms. The summed E-state index contributed by atoms with van der Waals surface area (Å²) in [5, 5.41) is 10.2. The van der Waals surface area contributed by atoms with Crippen LogP contribution >= 0.6 is 0 Å². The van der Waals surface area contributed by atoms with Crippen LogP contribution in [0, 0.1) is 0 Å². The van der Waals surface area contributed by atoms with E-state index in [0.29, 0.717) is 0 Å². The second kappa shape index (κ2) is 9.66. The third-order valence-electron chi connectivity index (χ3n) is 3.55. The van der Waals surface area contributed by atoms with Gasteiger partial charge in [-0.1, -0.05) is 0 Å². The highest BCUT2D eigenvalue weighted by atomic mass is 16.7. The van der Waals surface area contributed by atoms with E-state index in [4.69, 9.17) is 28.4 Å². The lowest BCUT2D eigenvalue weighted by molar-refractivity contribution is -0.308. The molecule has 1 heterocycles. The van der Waals surface area contributed by atoms with E-state index in [9.17, 15) is 19.5 Å². The fourth-order valence-corrected chi connectivity index (χ4v) is 2.56. The second-order valence-corrected chi connectivity index (χ2v) is 5.42. The van der Waals surface area contributed by atoms with Crippen LogP contribution in [0.3, 0.4) is 0 Å². The van der Waals surface area contributed by atoms with Gasteiger partial charge in [0.1, 0.15) is 24.9 Å². The first-order valence-corrected chi connectivity index (χ1v) is 7.58. The van der Waals surface area contributed by atoms with E-state index in [1.165, 1.54) is 28.1 Å². The molecule has 144 valence electrons. The van der Waals surface area contributed by atoms with Crippen molar-refractivity contribution >= 4 is 17.9 Å². The Kier molecular flexibility index (Phi) is 8.23. The van der Waals surface area contributed by atoms with E-state index >= 15 is 0 Å². The zero-order valence-electron chi connectivity index (χ0n) is 14.8. The topological polar surface area (TPSA) is 127 Å². The molecule has 1 N–H and O–H groups in total. The molecule has 10 nitrogen and oxygen atoms in total. The lowest BCUT2D eigenvalue weighted by Gasteiger charge is -2.44. The quantitative estimate of drug-likeness (QED) is 0.451. The van der Waals surface area contributed by atoms with Crippen molar-refractivity contribution in [3.05, 3.63) is 0 Å². The molecule has 1 fully saturated rings. The molecule has 6 atom stereocenters. The van der Waals surface area contributed by atoms with Crippen LogP contribution < -0.4 is 0 Å². The standard InChI is InChI=1S/C15H24O10/c1-7(16)22-6-10(20-4)11-12(21-5)13(23-8(2)17)14(15(19)25-11)24-9(3)18/h10-15,19H,6H2,1-5H3/t10-,11-,12-,13+,14-,15-/m1/s1. The summed E-state index contributed by atoms with van der Waals surface area (Å²) in [4.78, 5) is 33.7. The van der Waals surface area contributed by atoms with Gasteiger partial charge in [-0.3, -0.25) is 14.4 Å². The molecule has 0 radical (unpaired) electrons. The molecule has 10 heteroatoms. The van der Waals surface area contributed by atoms with Crippen LogP contribution in [0.25, 0.3) is 0 Å². The maximum absolute atomic E-state index is 11.4. The van der Waals surface area contributed by atoms with Gasteiger partial charge in [0, 0.05) is 35.0 Å². The molecule has 1 aliphatic heterocycles. The minimum atomic E-state index is -1.60. The summed E-state index contributed by atoms with van der Waals surface area (Å²) in [7, 11) is 2.69. The number of methoxy groups -OCH3 is 2. The van der Waals surface area contributed by atoms with E-state index < -0.39 is 54.7 Å². The molecule has 0 aromatic carbocycles. The van der Waals surface area contributed by atoms with Gasteiger partial charge in [0.05, 0.1) is 0 Å². The Labute approximate surface area is 145 Å². The average molecular weight is 364 g/mol. The Morgan fingerprint density at radius 1 is 0.960 bits per heavy atom. The van der Waals surface area contributed by atoms with Crippen molar-refractivity contribution in [1.29, 1.82) is 0 Å². The zero-order chi connectivity index (χ0) is 19.1. The maximum atomic E-state index is 11.4. The van der Waals surface area contributed by atoms with Crippen LogP contribution in [0.1, 0.15) is 20.8 Å². The molecule has 0 aliphatic carbocycles. The van der Waals surface area contributed by atoms with E-state index in [-0.39, 0.29) is 6.61 Å². The summed E-state index contributed by atoms with van der Waals surface area (Å²) in [6.45, 7) is 3.37. The summed E-state index contributed by atoms with van der Waals surface area (Å²) >= 11 is 0. The van der Waals surface area contributed by atoms with Crippen LogP contribution in [0.15, 0.2) is 0 Å². The first kappa shape index (κ1) is 21.3. The van der Waals surface area contributed by atoms with Crippen molar-refractivity contribution in [2.75, 3.05) is 20.8 Å². The number of rotatable bonds is 7.